The molecule has 0 saturated carbocycles. The SMILES string of the molecule is [NH3+][C@@H](Cc1ccccc1)C(=O)Cc1ccccc1. The zero-order chi connectivity index (χ0) is 12.8. The van der Waals surface area contributed by atoms with Gasteiger partial charge >= 0.3 is 0 Å². The van der Waals surface area contributed by atoms with Crippen LogP contribution >= 0.6 is 0 Å². The monoisotopic (exact) mass is 240 g/mol. The van der Waals surface area contributed by atoms with Gasteiger partial charge in [-0.05, 0) is 11.1 Å². The van der Waals surface area contributed by atoms with Crippen LogP contribution < -0.4 is 5.73 Å². The molecule has 0 aliphatic heterocycles. The molecule has 0 radical (unpaired) electrons. The van der Waals surface area contributed by atoms with Crippen LogP contribution in [-0.4, -0.2) is 11.8 Å². The first-order valence-electron chi connectivity index (χ1n) is 6.19. The van der Waals surface area contributed by atoms with Crippen LogP contribution in [0.3, 0.4) is 0 Å². The molecular formula is C16H18NO+. The van der Waals surface area contributed by atoms with E-state index in [9.17, 15) is 4.79 Å². The highest BCUT2D eigenvalue weighted by molar-refractivity contribution is 5.84. The van der Waals surface area contributed by atoms with Gasteiger partial charge in [0.15, 0.2) is 5.78 Å². The summed E-state index contributed by atoms with van der Waals surface area (Å²) in [7, 11) is 0. The summed E-state index contributed by atoms with van der Waals surface area (Å²) in [5.41, 5.74) is 6.20. The van der Waals surface area contributed by atoms with E-state index in [-0.39, 0.29) is 11.8 Å². The van der Waals surface area contributed by atoms with Gasteiger partial charge in [-0.3, -0.25) is 4.79 Å². The van der Waals surface area contributed by atoms with Crippen LogP contribution in [0.1, 0.15) is 11.1 Å². The van der Waals surface area contributed by atoms with Crippen LogP contribution in [0.5, 0.6) is 0 Å². The molecule has 0 spiro atoms. The molecule has 1 atom stereocenters. The van der Waals surface area contributed by atoms with Crippen LogP contribution in [0, 0.1) is 0 Å². The van der Waals surface area contributed by atoms with E-state index in [0.717, 1.165) is 5.56 Å². The summed E-state index contributed by atoms with van der Waals surface area (Å²) >= 11 is 0. The number of Topliss-reactive ketones (excluding diaryl/α,β-unsaturated/α-hetero) is 1. The Labute approximate surface area is 107 Å². The Hall–Kier alpha value is -1.93. The minimum atomic E-state index is -0.174. The van der Waals surface area contributed by atoms with E-state index < -0.39 is 0 Å². The van der Waals surface area contributed by atoms with Gasteiger partial charge < -0.3 is 5.73 Å². The van der Waals surface area contributed by atoms with E-state index in [2.05, 4.69) is 5.73 Å². The van der Waals surface area contributed by atoms with E-state index in [1.807, 2.05) is 60.7 Å². The number of ketones is 1. The van der Waals surface area contributed by atoms with Crippen molar-refractivity contribution in [1.29, 1.82) is 0 Å². The lowest BCUT2D eigenvalue weighted by molar-refractivity contribution is -0.402. The third kappa shape index (κ3) is 3.54. The van der Waals surface area contributed by atoms with E-state index in [1.165, 1.54) is 5.56 Å². The first kappa shape index (κ1) is 12.5. The molecule has 3 N–H and O–H groups in total. The first-order chi connectivity index (χ1) is 8.75. The lowest BCUT2D eigenvalue weighted by Gasteiger charge is -2.07. The molecule has 92 valence electrons. The molecule has 0 fully saturated rings. The quantitative estimate of drug-likeness (QED) is 0.848. The maximum absolute atomic E-state index is 12.1. The van der Waals surface area contributed by atoms with Crippen LogP contribution in [0.2, 0.25) is 0 Å². The average Bonchev–Trinajstić information content (AvgIpc) is 2.41. The van der Waals surface area contributed by atoms with Crippen LogP contribution in [0.25, 0.3) is 0 Å². The largest absolute Gasteiger partial charge is 0.349 e. The summed E-state index contributed by atoms with van der Waals surface area (Å²) in [6.45, 7) is 0. The average molecular weight is 240 g/mol. The Morgan fingerprint density at radius 1 is 0.889 bits per heavy atom. The number of benzene rings is 2. The molecule has 2 aromatic rings. The Bertz CT molecular complexity index is 493. The molecule has 0 amide bonds. The zero-order valence-electron chi connectivity index (χ0n) is 10.4. The Kier molecular flexibility index (Phi) is 4.26. The summed E-state index contributed by atoms with van der Waals surface area (Å²) in [4.78, 5) is 12.1. The second-order valence-corrected chi connectivity index (χ2v) is 4.52. The fourth-order valence-electron chi connectivity index (χ4n) is 1.95. The number of rotatable bonds is 5. The van der Waals surface area contributed by atoms with Gasteiger partial charge in [0, 0.05) is 12.8 Å². The van der Waals surface area contributed by atoms with Crippen molar-refractivity contribution < 1.29 is 10.5 Å². The molecule has 0 aliphatic rings. The fraction of sp³-hybridized carbons (Fsp3) is 0.188. The maximum atomic E-state index is 12.1. The predicted molar refractivity (Wildman–Crippen MR) is 72.0 cm³/mol. The van der Waals surface area contributed by atoms with Gasteiger partial charge in [0.05, 0.1) is 0 Å². The van der Waals surface area contributed by atoms with Gasteiger partial charge in [-0.25, -0.2) is 0 Å². The summed E-state index contributed by atoms with van der Waals surface area (Å²) in [6, 6.07) is 19.7. The van der Waals surface area contributed by atoms with Gasteiger partial charge in [-0.2, -0.15) is 0 Å². The third-order valence-corrected chi connectivity index (χ3v) is 3.00. The highest BCUT2D eigenvalue weighted by Gasteiger charge is 2.17. The summed E-state index contributed by atoms with van der Waals surface area (Å²) in [6.07, 6.45) is 1.19. The van der Waals surface area contributed by atoms with E-state index in [1.54, 1.807) is 0 Å². The Morgan fingerprint density at radius 2 is 1.39 bits per heavy atom. The number of quaternary nitrogens is 1. The molecule has 18 heavy (non-hydrogen) atoms. The van der Waals surface area contributed by atoms with Gasteiger partial charge in [0.1, 0.15) is 6.04 Å². The topological polar surface area (TPSA) is 44.7 Å². The van der Waals surface area contributed by atoms with Crippen molar-refractivity contribution in [2.24, 2.45) is 0 Å². The number of carbonyl (C=O) groups excluding carboxylic acids is 1. The van der Waals surface area contributed by atoms with Crippen molar-refractivity contribution in [3.63, 3.8) is 0 Å². The normalized spacial score (nSPS) is 12.1. The van der Waals surface area contributed by atoms with Crippen molar-refractivity contribution in [3.05, 3.63) is 71.8 Å². The van der Waals surface area contributed by atoms with Crippen molar-refractivity contribution in [1.82, 2.24) is 0 Å². The predicted octanol–water partition coefficient (Wildman–Crippen LogP) is 1.65. The second kappa shape index (κ2) is 6.12. The van der Waals surface area contributed by atoms with E-state index >= 15 is 0 Å². The third-order valence-electron chi connectivity index (χ3n) is 3.00. The first-order valence-corrected chi connectivity index (χ1v) is 6.19. The molecule has 0 aromatic heterocycles. The summed E-state index contributed by atoms with van der Waals surface area (Å²) in [5, 5.41) is 0. The zero-order valence-corrected chi connectivity index (χ0v) is 10.4. The summed E-state index contributed by atoms with van der Waals surface area (Å²) < 4.78 is 0. The van der Waals surface area contributed by atoms with Crippen molar-refractivity contribution in [3.8, 4) is 0 Å². The molecule has 2 aromatic carbocycles. The smallest absolute Gasteiger partial charge is 0.194 e. The minimum Gasteiger partial charge on any atom is -0.349 e. The van der Waals surface area contributed by atoms with Gasteiger partial charge in [0.25, 0.3) is 0 Å². The maximum Gasteiger partial charge on any atom is 0.194 e. The second-order valence-electron chi connectivity index (χ2n) is 4.52. The highest BCUT2D eigenvalue weighted by atomic mass is 16.1. The Balaban J connectivity index is 1.93. The molecule has 0 unspecified atom stereocenters. The molecule has 0 bridgehead atoms. The molecule has 2 nitrogen and oxygen atoms in total. The lowest BCUT2D eigenvalue weighted by Crippen LogP contribution is -2.66. The fourth-order valence-corrected chi connectivity index (χ4v) is 1.95. The van der Waals surface area contributed by atoms with Crippen molar-refractivity contribution in [2.75, 3.05) is 0 Å². The number of hydrogen-bond acceptors (Lipinski definition) is 1. The van der Waals surface area contributed by atoms with Gasteiger partial charge in [0.2, 0.25) is 0 Å². The number of hydrogen-bond donors (Lipinski definition) is 1. The van der Waals surface area contributed by atoms with Crippen LogP contribution in [-0.2, 0) is 17.6 Å². The Morgan fingerprint density at radius 3 is 1.94 bits per heavy atom. The van der Waals surface area contributed by atoms with E-state index in [4.69, 9.17) is 0 Å². The molecule has 0 saturated heterocycles. The van der Waals surface area contributed by atoms with E-state index in [0.29, 0.717) is 12.8 Å². The standard InChI is InChI=1S/C16H17NO/c17-15(11-13-7-3-1-4-8-13)16(18)12-14-9-5-2-6-10-14/h1-10,15H,11-12,17H2/p+1/t15-/m0/s1. The minimum absolute atomic E-state index is 0.174. The summed E-state index contributed by atoms with van der Waals surface area (Å²) in [5.74, 6) is 0.199. The molecule has 0 aliphatic carbocycles. The number of carbonyl (C=O) groups is 1. The van der Waals surface area contributed by atoms with Crippen LogP contribution in [0.4, 0.5) is 0 Å². The molecule has 2 rings (SSSR count). The van der Waals surface area contributed by atoms with Crippen LogP contribution in [0.15, 0.2) is 60.7 Å². The molecule has 2 heteroatoms. The van der Waals surface area contributed by atoms with Crippen molar-refractivity contribution >= 4 is 5.78 Å². The van der Waals surface area contributed by atoms with Gasteiger partial charge in [-0.15, -0.1) is 0 Å². The molecular weight excluding hydrogens is 222 g/mol. The molecule has 0 heterocycles. The highest BCUT2D eigenvalue weighted by Crippen LogP contribution is 2.05. The van der Waals surface area contributed by atoms with Gasteiger partial charge in [-0.1, -0.05) is 60.7 Å². The lowest BCUT2D eigenvalue weighted by atomic mass is 9.99. The van der Waals surface area contributed by atoms with Crippen molar-refractivity contribution in [2.45, 2.75) is 18.9 Å².